The number of likely N-dealkylation sites (tertiary alicyclic amines) is 1. The van der Waals surface area contributed by atoms with Gasteiger partial charge in [-0.05, 0) is 25.9 Å². The molecule has 1 atom stereocenters. The van der Waals surface area contributed by atoms with Crippen molar-refractivity contribution in [1.82, 2.24) is 4.90 Å². The second kappa shape index (κ2) is 6.83. The highest BCUT2D eigenvalue weighted by atomic mass is 16.5. The number of carbonyl (C=O) groups excluding carboxylic acids is 1. The summed E-state index contributed by atoms with van der Waals surface area (Å²) in [6.45, 7) is 2.64. The van der Waals surface area contributed by atoms with Gasteiger partial charge in [0.25, 0.3) is 0 Å². The zero-order chi connectivity index (χ0) is 12.0. The molecule has 0 amide bonds. The third kappa shape index (κ3) is 4.08. The van der Waals surface area contributed by atoms with Gasteiger partial charge in [-0.3, -0.25) is 4.79 Å². The molecule has 1 unspecified atom stereocenters. The first-order chi connectivity index (χ1) is 7.67. The first-order valence-electron chi connectivity index (χ1n) is 5.64. The normalized spacial score (nSPS) is 20.7. The molecule has 0 radical (unpaired) electrons. The van der Waals surface area contributed by atoms with Crippen LogP contribution >= 0.6 is 0 Å². The molecular formula is C11H21NO4. The molecule has 1 heterocycles. The molecule has 0 aromatic rings. The molecule has 0 bridgehead atoms. The van der Waals surface area contributed by atoms with Crippen molar-refractivity contribution < 1.29 is 19.4 Å². The summed E-state index contributed by atoms with van der Waals surface area (Å²) < 4.78 is 9.59. The van der Waals surface area contributed by atoms with E-state index in [1.807, 2.05) is 0 Å². The van der Waals surface area contributed by atoms with E-state index < -0.39 is 6.10 Å². The van der Waals surface area contributed by atoms with Crippen LogP contribution in [0.1, 0.15) is 12.8 Å². The molecule has 16 heavy (non-hydrogen) atoms. The Morgan fingerprint density at radius 2 is 2.06 bits per heavy atom. The molecule has 0 aliphatic carbocycles. The van der Waals surface area contributed by atoms with E-state index in [4.69, 9.17) is 9.47 Å². The summed E-state index contributed by atoms with van der Waals surface area (Å²) >= 11 is 0. The van der Waals surface area contributed by atoms with Crippen molar-refractivity contribution in [3.63, 3.8) is 0 Å². The van der Waals surface area contributed by atoms with Gasteiger partial charge in [0, 0.05) is 13.7 Å². The third-order valence-electron chi connectivity index (χ3n) is 2.95. The number of carbonyl (C=O) groups is 1. The van der Waals surface area contributed by atoms with E-state index in [0.717, 1.165) is 25.9 Å². The van der Waals surface area contributed by atoms with Gasteiger partial charge in [0.05, 0.1) is 25.7 Å². The highest BCUT2D eigenvalue weighted by molar-refractivity contribution is 5.72. The molecule has 1 saturated heterocycles. The van der Waals surface area contributed by atoms with Gasteiger partial charge < -0.3 is 19.5 Å². The van der Waals surface area contributed by atoms with Crippen LogP contribution in [0.5, 0.6) is 0 Å². The van der Waals surface area contributed by atoms with Gasteiger partial charge >= 0.3 is 5.97 Å². The molecule has 1 rings (SSSR count). The maximum absolute atomic E-state index is 11.3. The highest BCUT2D eigenvalue weighted by Gasteiger charge is 2.26. The van der Waals surface area contributed by atoms with Gasteiger partial charge in [0.2, 0.25) is 0 Å². The molecular weight excluding hydrogens is 210 g/mol. The highest BCUT2D eigenvalue weighted by Crippen LogP contribution is 2.18. The topological polar surface area (TPSA) is 59.0 Å². The Balaban J connectivity index is 2.24. The van der Waals surface area contributed by atoms with E-state index in [9.17, 15) is 9.90 Å². The summed E-state index contributed by atoms with van der Waals surface area (Å²) in [6, 6.07) is 0. The van der Waals surface area contributed by atoms with Gasteiger partial charge in [-0.25, -0.2) is 0 Å². The first kappa shape index (κ1) is 13.4. The molecule has 0 aromatic carbocycles. The van der Waals surface area contributed by atoms with E-state index in [0.29, 0.717) is 13.2 Å². The Morgan fingerprint density at radius 1 is 1.44 bits per heavy atom. The van der Waals surface area contributed by atoms with Crippen molar-refractivity contribution in [3.8, 4) is 0 Å². The molecule has 1 N–H and O–H groups in total. The van der Waals surface area contributed by atoms with Crippen molar-refractivity contribution in [2.75, 3.05) is 40.5 Å². The SMILES string of the molecule is COCC(O)CN1CCC(C(=O)OC)CC1. The largest absolute Gasteiger partial charge is 0.469 e. The Hall–Kier alpha value is -0.650. The van der Waals surface area contributed by atoms with E-state index in [2.05, 4.69) is 4.90 Å². The minimum atomic E-state index is -0.445. The lowest BCUT2D eigenvalue weighted by Gasteiger charge is -2.31. The summed E-state index contributed by atoms with van der Waals surface area (Å²) in [4.78, 5) is 13.4. The molecule has 1 aliphatic heterocycles. The van der Waals surface area contributed by atoms with E-state index >= 15 is 0 Å². The van der Waals surface area contributed by atoms with Gasteiger partial charge in [0.1, 0.15) is 0 Å². The fourth-order valence-corrected chi connectivity index (χ4v) is 2.06. The van der Waals surface area contributed by atoms with Gasteiger partial charge in [-0.15, -0.1) is 0 Å². The summed E-state index contributed by atoms with van der Waals surface area (Å²) in [7, 11) is 3.00. The second-order valence-corrected chi connectivity index (χ2v) is 4.21. The van der Waals surface area contributed by atoms with Gasteiger partial charge in [-0.2, -0.15) is 0 Å². The maximum atomic E-state index is 11.3. The third-order valence-corrected chi connectivity index (χ3v) is 2.95. The smallest absolute Gasteiger partial charge is 0.308 e. The van der Waals surface area contributed by atoms with Gasteiger partial charge in [-0.1, -0.05) is 0 Å². The van der Waals surface area contributed by atoms with Crippen LogP contribution in [0, 0.1) is 5.92 Å². The predicted octanol–water partition coefficient (Wildman–Crippen LogP) is -0.121. The molecule has 94 valence electrons. The van der Waals surface area contributed by atoms with Crippen LogP contribution in [-0.2, 0) is 14.3 Å². The fourth-order valence-electron chi connectivity index (χ4n) is 2.06. The molecule has 1 aliphatic rings. The number of aliphatic hydroxyl groups is 1. The van der Waals surface area contributed by atoms with E-state index in [-0.39, 0.29) is 11.9 Å². The standard InChI is InChI=1S/C11H21NO4/c1-15-8-10(13)7-12-5-3-9(4-6-12)11(14)16-2/h9-10,13H,3-8H2,1-2H3. The summed E-state index contributed by atoms with van der Waals surface area (Å²) in [6.07, 6.45) is 1.18. The van der Waals surface area contributed by atoms with Crippen molar-refractivity contribution in [3.05, 3.63) is 0 Å². The van der Waals surface area contributed by atoms with Crippen LogP contribution in [0.25, 0.3) is 0 Å². The van der Waals surface area contributed by atoms with E-state index in [1.54, 1.807) is 7.11 Å². The average Bonchev–Trinajstić information content (AvgIpc) is 2.29. The quantitative estimate of drug-likeness (QED) is 0.668. The molecule has 5 heteroatoms. The van der Waals surface area contributed by atoms with Crippen molar-refractivity contribution in [1.29, 1.82) is 0 Å². The van der Waals surface area contributed by atoms with Crippen LogP contribution < -0.4 is 0 Å². The number of hydrogen-bond acceptors (Lipinski definition) is 5. The average molecular weight is 231 g/mol. The summed E-state index contributed by atoms with van der Waals surface area (Å²) in [5.41, 5.74) is 0. The summed E-state index contributed by atoms with van der Waals surface area (Å²) in [5.74, 6) is -0.0853. The number of piperidine rings is 1. The second-order valence-electron chi connectivity index (χ2n) is 4.21. The van der Waals surface area contributed by atoms with Crippen molar-refractivity contribution in [2.24, 2.45) is 5.92 Å². The van der Waals surface area contributed by atoms with Crippen LogP contribution in [0.15, 0.2) is 0 Å². The molecule has 5 nitrogen and oxygen atoms in total. The van der Waals surface area contributed by atoms with Crippen molar-refractivity contribution in [2.45, 2.75) is 18.9 Å². The fraction of sp³-hybridized carbons (Fsp3) is 0.909. The van der Waals surface area contributed by atoms with Gasteiger partial charge in [0.15, 0.2) is 0 Å². The lowest BCUT2D eigenvalue weighted by Crippen LogP contribution is -2.41. The van der Waals surface area contributed by atoms with Crippen LogP contribution in [0.2, 0.25) is 0 Å². The lowest BCUT2D eigenvalue weighted by atomic mass is 9.97. The number of ether oxygens (including phenoxy) is 2. The van der Waals surface area contributed by atoms with Crippen LogP contribution in [-0.4, -0.2) is 62.5 Å². The minimum absolute atomic E-state index is 0.0285. The lowest BCUT2D eigenvalue weighted by molar-refractivity contribution is -0.147. The van der Waals surface area contributed by atoms with Crippen LogP contribution in [0.4, 0.5) is 0 Å². The molecule has 1 fully saturated rings. The molecule has 0 spiro atoms. The number of β-amino-alcohol motifs (C(OH)–C–C–N with tert-alkyl or cyclic N) is 1. The first-order valence-corrected chi connectivity index (χ1v) is 5.64. The number of methoxy groups -OCH3 is 2. The van der Waals surface area contributed by atoms with Crippen LogP contribution in [0.3, 0.4) is 0 Å². The predicted molar refractivity (Wildman–Crippen MR) is 59.1 cm³/mol. The number of rotatable bonds is 5. The Morgan fingerprint density at radius 3 is 2.56 bits per heavy atom. The Labute approximate surface area is 96.3 Å². The molecule has 0 aromatic heterocycles. The zero-order valence-electron chi connectivity index (χ0n) is 10.0. The molecule has 0 saturated carbocycles. The Bertz CT molecular complexity index is 214. The Kier molecular flexibility index (Phi) is 5.73. The maximum Gasteiger partial charge on any atom is 0.308 e. The minimum Gasteiger partial charge on any atom is -0.469 e. The van der Waals surface area contributed by atoms with Crippen molar-refractivity contribution >= 4 is 5.97 Å². The summed E-state index contributed by atoms with van der Waals surface area (Å²) in [5, 5.41) is 9.56. The number of aliphatic hydroxyl groups excluding tert-OH is 1. The number of hydrogen-bond donors (Lipinski definition) is 1. The van der Waals surface area contributed by atoms with E-state index in [1.165, 1.54) is 7.11 Å². The number of esters is 1. The number of nitrogens with zero attached hydrogens (tertiary/aromatic N) is 1. The monoisotopic (exact) mass is 231 g/mol. The zero-order valence-corrected chi connectivity index (χ0v) is 10.0.